The molecule has 0 saturated carbocycles. The molecule has 1 rings (SSSR count). The predicted molar refractivity (Wildman–Crippen MR) is 58.0 cm³/mol. The van der Waals surface area contributed by atoms with Crippen LogP contribution in [0.3, 0.4) is 0 Å². The fourth-order valence-electron chi connectivity index (χ4n) is 1.55. The van der Waals surface area contributed by atoms with Gasteiger partial charge in [-0.1, -0.05) is 11.6 Å². The van der Waals surface area contributed by atoms with Crippen LogP contribution in [0.25, 0.3) is 0 Å². The smallest absolute Gasteiger partial charge is 0.229 e. The Balaban J connectivity index is 2.11. The minimum Gasteiger partial charge on any atom is -0.355 e. The van der Waals surface area contributed by atoms with E-state index >= 15 is 0 Å². The topological polar surface area (TPSA) is 29.1 Å². The number of thiol groups is 1. The van der Waals surface area contributed by atoms with E-state index in [4.69, 9.17) is 0 Å². The van der Waals surface area contributed by atoms with E-state index < -0.39 is 0 Å². The molecule has 0 unspecified atom stereocenters. The summed E-state index contributed by atoms with van der Waals surface area (Å²) in [5.74, 6) is 0.318. The maximum atomic E-state index is 10.8. The van der Waals surface area contributed by atoms with E-state index in [-0.39, 0.29) is 5.91 Å². The number of allylic oxidation sites excluding steroid dienone is 1. The summed E-state index contributed by atoms with van der Waals surface area (Å²) in [4.78, 5) is 10.8. The molecular formula is C10H17NOS. The van der Waals surface area contributed by atoms with Gasteiger partial charge in [-0.15, -0.1) is 0 Å². The van der Waals surface area contributed by atoms with Crippen molar-refractivity contribution in [2.45, 2.75) is 32.1 Å². The summed E-state index contributed by atoms with van der Waals surface area (Å²) in [6.45, 7) is 0.769. The van der Waals surface area contributed by atoms with Crippen LogP contribution in [-0.4, -0.2) is 18.2 Å². The van der Waals surface area contributed by atoms with Crippen LogP contribution in [-0.2, 0) is 4.79 Å². The molecule has 2 nitrogen and oxygen atoms in total. The highest BCUT2D eigenvalue weighted by Crippen LogP contribution is 2.19. The molecular weight excluding hydrogens is 182 g/mol. The summed E-state index contributed by atoms with van der Waals surface area (Å²) >= 11 is 3.89. The van der Waals surface area contributed by atoms with Crippen LogP contribution in [0.5, 0.6) is 0 Å². The number of rotatable bonds is 4. The molecule has 1 amide bonds. The van der Waals surface area contributed by atoms with Gasteiger partial charge in [0.25, 0.3) is 0 Å². The quantitative estimate of drug-likeness (QED) is 0.526. The van der Waals surface area contributed by atoms with Gasteiger partial charge in [0, 0.05) is 6.54 Å². The fraction of sp³-hybridized carbons (Fsp3) is 0.700. The molecule has 0 fully saturated rings. The van der Waals surface area contributed by atoms with E-state index in [1.165, 1.54) is 31.3 Å². The van der Waals surface area contributed by atoms with Crippen LogP contribution in [0, 0.1) is 0 Å². The maximum Gasteiger partial charge on any atom is 0.229 e. The molecule has 3 heteroatoms. The first kappa shape index (κ1) is 10.6. The zero-order chi connectivity index (χ0) is 9.52. The Labute approximate surface area is 85.2 Å². The van der Waals surface area contributed by atoms with Crippen LogP contribution in [0.2, 0.25) is 0 Å². The molecule has 0 atom stereocenters. The van der Waals surface area contributed by atoms with Crippen LogP contribution in [0.4, 0.5) is 0 Å². The Morgan fingerprint density at radius 2 is 2.38 bits per heavy atom. The van der Waals surface area contributed by atoms with Gasteiger partial charge in [-0.2, -0.15) is 12.6 Å². The Kier molecular flexibility index (Phi) is 4.98. The van der Waals surface area contributed by atoms with Gasteiger partial charge in [0.2, 0.25) is 5.91 Å². The molecule has 1 aliphatic rings. The Bertz CT molecular complexity index is 201. The normalized spacial score (nSPS) is 16.5. The fourth-order valence-corrected chi connectivity index (χ4v) is 1.66. The van der Waals surface area contributed by atoms with Crippen molar-refractivity contribution < 1.29 is 4.79 Å². The van der Waals surface area contributed by atoms with E-state index in [0.717, 1.165) is 13.0 Å². The van der Waals surface area contributed by atoms with Crippen LogP contribution < -0.4 is 5.32 Å². The first-order chi connectivity index (χ1) is 6.33. The Morgan fingerprint density at radius 1 is 1.54 bits per heavy atom. The van der Waals surface area contributed by atoms with E-state index in [9.17, 15) is 4.79 Å². The Morgan fingerprint density at radius 3 is 3.00 bits per heavy atom. The molecule has 0 heterocycles. The highest BCUT2D eigenvalue weighted by molar-refractivity contribution is 7.81. The molecule has 0 aromatic rings. The number of hydrogen-bond acceptors (Lipinski definition) is 2. The number of amides is 1. The first-order valence-electron chi connectivity index (χ1n) is 4.88. The largest absolute Gasteiger partial charge is 0.355 e. The van der Waals surface area contributed by atoms with Crippen molar-refractivity contribution in [1.82, 2.24) is 5.32 Å². The van der Waals surface area contributed by atoms with Crippen molar-refractivity contribution in [1.29, 1.82) is 0 Å². The first-order valence-corrected chi connectivity index (χ1v) is 5.51. The standard InChI is InChI=1S/C10H17NOS/c12-10(8-13)11-7-6-9-4-2-1-3-5-9/h4,13H,1-3,5-8H2,(H,11,12). The van der Waals surface area contributed by atoms with Crippen molar-refractivity contribution in [3.8, 4) is 0 Å². The van der Waals surface area contributed by atoms with Gasteiger partial charge in [-0.3, -0.25) is 4.79 Å². The van der Waals surface area contributed by atoms with Crippen molar-refractivity contribution >= 4 is 18.5 Å². The number of nitrogens with one attached hydrogen (secondary N) is 1. The third kappa shape index (κ3) is 4.36. The van der Waals surface area contributed by atoms with Crippen molar-refractivity contribution in [3.05, 3.63) is 11.6 Å². The molecule has 13 heavy (non-hydrogen) atoms. The average molecular weight is 199 g/mol. The molecule has 1 aliphatic carbocycles. The zero-order valence-corrected chi connectivity index (χ0v) is 8.78. The van der Waals surface area contributed by atoms with Crippen molar-refractivity contribution in [2.24, 2.45) is 0 Å². The van der Waals surface area contributed by atoms with Crippen LogP contribution in [0.1, 0.15) is 32.1 Å². The van der Waals surface area contributed by atoms with Gasteiger partial charge in [0.15, 0.2) is 0 Å². The Hall–Kier alpha value is -0.440. The molecule has 0 bridgehead atoms. The average Bonchev–Trinajstić information content (AvgIpc) is 2.19. The van der Waals surface area contributed by atoms with Gasteiger partial charge >= 0.3 is 0 Å². The van der Waals surface area contributed by atoms with Crippen LogP contribution in [0.15, 0.2) is 11.6 Å². The molecule has 1 N–H and O–H groups in total. The molecule has 0 aromatic carbocycles. The van der Waals surface area contributed by atoms with Crippen LogP contribution >= 0.6 is 12.6 Å². The summed E-state index contributed by atoms with van der Waals surface area (Å²) in [7, 11) is 0. The summed E-state index contributed by atoms with van der Waals surface area (Å²) in [5, 5.41) is 2.82. The molecule has 0 radical (unpaired) electrons. The minimum atomic E-state index is 0.0275. The second-order valence-electron chi connectivity index (χ2n) is 3.37. The van der Waals surface area contributed by atoms with E-state index in [0.29, 0.717) is 5.75 Å². The van der Waals surface area contributed by atoms with E-state index in [2.05, 4.69) is 24.0 Å². The highest BCUT2D eigenvalue weighted by Gasteiger charge is 2.03. The predicted octanol–water partition coefficient (Wildman–Crippen LogP) is 1.92. The zero-order valence-electron chi connectivity index (χ0n) is 7.88. The lowest BCUT2D eigenvalue weighted by Gasteiger charge is -2.12. The minimum absolute atomic E-state index is 0.0275. The van der Waals surface area contributed by atoms with Gasteiger partial charge in [-0.25, -0.2) is 0 Å². The SMILES string of the molecule is O=C(CS)NCCC1=CCCCC1. The molecule has 0 aliphatic heterocycles. The van der Waals surface area contributed by atoms with Gasteiger partial charge in [0.05, 0.1) is 5.75 Å². The summed E-state index contributed by atoms with van der Waals surface area (Å²) in [5.41, 5.74) is 1.51. The maximum absolute atomic E-state index is 10.8. The van der Waals surface area contributed by atoms with Gasteiger partial charge in [-0.05, 0) is 32.1 Å². The van der Waals surface area contributed by atoms with Crippen molar-refractivity contribution in [3.63, 3.8) is 0 Å². The molecule has 0 aromatic heterocycles. The molecule has 0 spiro atoms. The van der Waals surface area contributed by atoms with E-state index in [1.807, 2.05) is 0 Å². The molecule has 74 valence electrons. The third-order valence-corrected chi connectivity index (χ3v) is 2.58. The highest BCUT2D eigenvalue weighted by atomic mass is 32.1. The lowest BCUT2D eigenvalue weighted by atomic mass is 9.97. The number of carbonyl (C=O) groups excluding carboxylic acids is 1. The van der Waals surface area contributed by atoms with Gasteiger partial charge < -0.3 is 5.32 Å². The summed E-state index contributed by atoms with van der Waals surface area (Å²) in [6, 6.07) is 0. The van der Waals surface area contributed by atoms with E-state index in [1.54, 1.807) is 0 Å². The summed E-state index contributed by atoms with van der Waals surface area (Å²) < 4.78 is 0. The second-order valence-corrected chi connectivity index (χ2v) is 3.68. The second kappa shape index (κ2) is 6.08. The lowest BCUT2D eigenvalue weighted by Crippen LogP contribution is -2.25. The lowest BCUT2D eigenvalue weighted by molar-refractivity contribution is -0.118. The van der Waals surface area contributed by atoms with Gasteiger partial charge in [0.1, 0.15) is 0 Å². The monoisotopic (exact) mass is 199 g/mol. The third-order valence-electron chi connectivity index (χ3n) is 2.30. The molecule has 0 saturated heterocycles. The number of carbonyl (C=O) groups is 1. The summed E-state index contributed by atoms with van der Waals surface area (Å²) in [6.07, 6.45) is 8.40. The van der Waals surface area contributed by atoms with Crippen molar-refractivity contribution in [2.75, 3.05) is 12.3 Å². The number of hydrogen-bond donors (Lipinski definition) is 2.